The fourth-order valence-electron chi connectivity index (χ4n) is 8.45. The second-order valence-corrected chi connectivity index (χ2v) is 14.8. The van der Waals surface area contributed by atoms with Gasteiger partial charge in [-0.1, -0.05) is 182 Å². The molecule has 0 unspecified atom stereocenters. The van der Waals surface area contributed by atoms with Crippen LogP contribution in [-0.4, -0.2) is 15.0 Å². The molecule has 1 heterocycles. The number of fused-ring (bicyclic) bond motifs is 6. The highest BCUT2D eigenvalue weighted by molar-refractivity contribution is 6.16. The molecule has 3 heteroatoms. The summed E-state index contributed by atoms with van der Waals surface area (Å²) in [5.41, 5.74) is 9.62. The summed E-state index contributed by atoms with van der Waals surface area (Å²) in [6.07, 6.45) is 0. The van der Waals surface area contributed by atoms with Crippen molar-refractivity contribution >= 4 is 43.1 Å². The highest BCUT2D eigenvalue weighted by Crippen LogP contribution is 2.42. The molecule has 11 rings (SSSR count). The van der Waals surface area contributed by atoms with Crippen LogP contribution in [0.15, 0.2) is 212 Å². The third-order valence-corrected chi connectivity index (χ3v) is 11.3. The molecule has 0 aliphatic carbocycles. The van der Waals surface area contributed by atoms with E-state index in [4.69, 9.17) is 15.0 Å². The third-order valence-electron chi connectivity index (χ3n) is 11.3. The number of aromatic nitrogens is 3. The first-order chi connectivity index (χ1) is 28.7. The lowest BCUT2D eigenvalue weighted by Gasteiger charge is -2.16. The largest absolute Gasteiger partial charge is 0.208 e. The molecule has 10 aromatic carbocycles. The van der Waals surface area contributed by atoms with Gasteiger partial charge in [-0.15, -0.1) is 0 Å². The summed E-state index contributed by atoms with van der Waals surface area (Å²) in [6.45, 7) is 0. The van der Waals surface area contributed by atoms with E-state index >= 15 is 0 Å². The van der Waals surface area contributed by atoms with Crippen molar-refractivity contribution in [2.24, 2.45) is 0 Å². The summed E-state index contributed by atoms with van der Waals surface area (Å²) in [6, 6.07) is 75.5. The lowest BCUT2D eigenvalue weighted by molar-refractivity contribution is 1.07. The Kier molecular flexibility index (Phi) is 8.15. The molecule has 0 N–H and O–H groups in total. The monoisotopic (exact) mass is 737 g/mol. The maximum Gasteiger partial charge on any atom is 0.164 e. The van der Waals surface area contributed by atoms with E-state index in [0.29, 0.717) is 17.5 Å². The fraction of sp³-hybridized carbons (Fsp3) is 0. The average Bonchev–Trinajstić information content (AvgIpc) is 3.31. The zero-order valence-corrected chi connectivity index (χ0v) is 31.5. The second kappa shape index (κ2) is 14.1. The molecule has 0 bridgehead atoms. The summed E-state index contributed by atoms with van der Waals surface area (Å²) >= 11 is 0. The molecule has 0 atom stereocenters. The molecule has 0 radical (unpaired) electrons. The summed E-state index contributed by atoms with van der Waals surface area (Å²) in [5, 5.41) is 9.75. The lowest BCUT2D eigenvalue weighted by Crippen LogP contribution is -2.00. The van der Waals surface area contributed by atoms with Crippen molar-refractivity contribution in [1.82, 2.24) is 15.0 Å². The molecule has 3 nitrogen and oxygen atoms in total. The standard InChI is InChI=1S/C55H35N3/c1-3-15-36(16-4-1)37-27-29-39(30-28-37)54-56-53(38-17-5-2-6-18-38)57-55(58-54)44-32-42(51-34-40-19-7-9-21-45(40)47-23-11-13-25-49(47)51)31-43(33-44)52-35-41-20-8-10-22-46(41)48-24-12-14-26-50(48)52/h1-35H. The minimum atomic E-state index is 0.620. The summed E-state index contributed by atoms with van der Waals surface area (Å²) in [4.78, 5) is 15.6. The van der Waals surface area contributed by atoms with E-state index in [1.54, 1.807) is 0 Å². The van der Waals surface area contributed by atoms with E-state index in [2.05, 4.69) is 188 Å². The number of hydrogen-bond acceptors (Lipinski definition) is 3. The number of benzene rings is 10. The quantitative estimate of drug-likeness (QED) is 0.160. The van der Waals surface area contributed by atoms with Gasteiger partial charge in [0.1, 0.15) is 0 Å². The van der Waals surface area contributed by atoms with Crippen molar-refractivity contribution in [3.8, 4) is 67.5 Å². The van der Waals surface area contributed by atoms with Gasteiger partial charge in [0.2, 0.25) is 0 Å². The van der Waals surface area contributed by atoms with E-state index in [-0.39, 0.29) is 0 Å². The van der Waals surface area contributed by atoms with Gasteiger partial charge in [-0.2, -0.15) is 0 Å². The van der Waals surface area contributed by atoms with Gasteiger partial charge in [0.15, 0.2) is 17.5 Å². The van der Waals surface area contributed by atoms with Crippen LogP contribution < -0.4 is 0 Å². The predicted molar refractivity (Wildman–Crippen MR) is 242 cm³/mol. The van der Waals surface area contributed by atoms with Crippen LogP contribution in [0.3, 0.4) is 0 Å². The van der Waals surface area contributed by atoms with Crippen LogP contribution in [0.25, 0.3) is 111 Å². The SMILES string of the molecule is c1ccc(-c2ccc(-c3nc(-c4ccccc4)nc(-c4cc(-c5cc6ccccc6c6ccccc56)cc(-c5cc6ccccc6c6ccccc56)c4)n3)cc2)cc1. The molecule has 0 saturated carbocycles. The van der Waals surface area contributed by atoms with Crippen LogP contribution in [0.1, 0.15) is 0 Å². The topological polar surface area (TPSA) is 38.7 Å². The summed E-state index contributed by atoms with van der Waals surface area (Å²) in [5.74, 6) is 1.88. The minimum absolute atomic E-state index is 0.620. The van der Waals surface area contributed by atoms with Crippen LogP contribution >= 0.6 is 0 Å². The smallest absolute Gasteiger partial charge is 0.164 e. The first-order valence-electron chi connectivity index (χ1n) is 19.7. The predicted octanol–water partition coefficient (Wildman–Crippen LogP) is 14.5. The fourth-order valence-corrected chi connectivity index (χ4v) is 8.45. The van der Waals surface area contributed by atoms with Crippen LogP contribution in [0.2, 0.25) is 0 Å². The van der Waals surface area contributed by atoms with Crippen molar-refractivity contribution in [3.63, 3.8) is 0 Å². The first-order valence-corrected chi connectivity index (χ1v) is 19.7. The maximum atomic E-state index is 5.27. The molecule has 0 aliphatic heterocycles. The van der Waals surface area contributed by atoms with Gasteiger partial charge in [0.25, 0.3) is 0 Å². The van der Waals surface area contributed by atoms with E-state index in [1.807, 2.05) is 24.3 Å². The molecule has 0 fully saturated rings. The van der Waals surface area contributed by atoms with Gasteiger partial charge >= 0.3 is 0 Å². The van der Waals surface area contributed by atoms with E-state index in [0.717, 1.165) is 44.5 Å². The second-order valence-electron chi connectivity index (χ2n) is 14.8. The Bertz CT molecular complexity index is 3180. The van der Waals surface area contributed by atoms with Crippen molar-refractivity contribution in [1.29, 1.82) is 0 Å². The van der Waals surface area contributed by atoms with Crippen molar-refractivity contribution in [2.45, 2.75) is 0 Å². The van der Waals surface area contributed by atoms with Crippen molar-refractivity contribution < 1.29 is 0 Å². The molecule has 270 valence electrons. The zero-order valence-electron chi connectivity index (χ0n) is 31.5. The van der Waals surface area contributed by atoms with Gasteiger partial charge in [-0.25, -0.2) is 15.0 Å². The van der Waals surface area contributed by atoms with Crippen LogP contribution in [0, 0.1) is 0 Å². The highest BCUT2D eigenvalue weighted by atomic mass is 15.0. The number of nitrogens with zero attached hydrogens (tertiary/aromatic N) is 3. The van der Waals surface area contributed by atoms with Gasteiger partial charge in [0.05, 0.1) is 0 Å². The van der Waals surface area contributed by atoms with Crippen LogP contribution in [0.4, 0.5) is 0 Å². The lowest BCUT2D eigenvalue weighted by atomic mass is 9.88. The molecule has 11 aromatic rings. The minimum Gasteiger partial charge on any atom is -0.208 e. The van der Waals surface area contributed by atoms with Gasteiger partial charge in [-0.05, 0) is 107 Å². The Balaban J connectivity index is 1.18. The third kappa shape index (κ3) is 5.98. The van der Waals surface area contributed by atoms with Gasteiger partial charge in [-0.3, -0.25) is 0 Å². The summed E-state index contributed by atoms with van der Waals surface area (Å²) in [7, 11) is 0. The van der Waals surface area contributed by atoms with E-state index in [1.165, 1.54) is 48.7 Å². The molecule has 0 saturated heterocycles. The van der Waals surface area contributed by atoms with Crippen molar-refractivity contribution in [2.75, 3.05) is 0 Å². The first kappa shape index (κ1) is 33.6. The van der Waals surface area contributed by atoms with Crippen LogP contribution in [0.5, 0.6) is 0 Å². The average molecular weight is 738 g/mol. The Morgan fingerprint density at radius 2 is 0.534 bits per heavy atom. The Morgan fingerprint density at radius 3 is 1.03 bits per heavy atom. The Labute approximate surface area is 336 Å². The Morgan fingerprint density at radius 1 is 0.207 bits per heavy atom. The highest BCUT2D eigenvalue weighted by Gasteiger charge is 2.18. The number of rotatable bonds is 6. The van der Waals surface area contributed by atoms with E-state index in [9.17, 15) is 0 Å². The molecule has 58 heavy (non-hydrogen) atoms. The molecule has 0 aliphatic rings. The van der Waals surface area contributed by atoms with Gasteiger partial charge in [0, 0.05) is 16.7 Å². The zero-order chi connectivity index (χ0) is 38.4. The van der Waals surface area contributed by atoms with Crippen molar-refractivity contribution in [3.05, 3.63) is 212 Å². The van der Waals surface area contributed by atoms with Crippen LogP contribution in [-0.2, 0) is 0 Å². The molecule has 0 spiro atoms. The number of hydrogen-bond donors (Lipinski definition) is 0. The summed E-state index contributed by atoms with van der Waals surface area (Å²) < 4.78 is 0. The molecular formula is C55H35N3. The molecule has 0 amide bonds. The maximum absolute atomic E-state index is 5.27. The molecule has 1 aromatic heterocycles. The van der Waals surface area contributed by atoms with Gasteiger partial charge < -0.3 is 0 Å². The van der Waals surface area contributed by atoms with E-state index < -0.39 is 0 Å². The molecular weight excluding hydrogens is 703 g/mol. The normalized spacial score (nSPS) is 11.4. The Hall–Kier alpha value is -7.75.